The molecule has 4 rings (SSSR count). The Bertz CT molecular complexity index is 1310. The number of hydrogen-bond acceptors (Lipinski definition) is 5. The minimum Gasteiger partial charge on any atom is -0.357 e. The number of nitrogens with one attached hydrogen (secondary N) is 1. The molecule has 2 aromatic rings. The fraction of sp³-hybridized carbons (Fsp3) is 0.500. The van der Waals surface area contributed by atoms with E-state index in [9.17, 15) is 32.8 Å². The maximum atomic E-state index is 13.1. The Morgan fingerprint density at radius 1 is 1.12 bits per heavy atom. The Morgan fingerprint density at radius 3 is 2.45 bits per heavy atom. The number of nitriles is 1. The summed E-state index contributed by atoms with van der Waals surface area (Å²) in [6, 6.07) is 12.4. The lowest BCUT2D eigenvalue weighted by Crippen LogP contribution is -2.46. The molecule has 0 bridgehead atoms. The summed E-state index contributed by atoms with van der Waals surface area (Å²) in [5.74, 6) is -0.454. The molecule has 1 unspecified atom stereocenters. The topological polar surface area (TPSA) is 93.5 Å². The number of fused-ring (bicyclic) bond motifs is 1. The number of carbonyl (C=O) groups excluding carboxylic acids is 3. The molecule has 1 fully saturated rings. The third kappa shape index (κ3) is 6.84. The van der Waals surface area contributed by atoms with Crippen LogP contribution in [0.1, 0.15) is 77.6 Å². The van der Waals surface area contributed by atoms with Gasteiger partial charge in [-0.2, -0.15) is 18.4 Å². The van der Waals surface area contributed by atoms with Gasteiger partial charge in [0.25, 0.3) is 5.91 Å². The average molecular weight is 583 g/mol. The molecule has 2 amide bonds. The second kappa shape index (κ2) is 13.5. The normalized spacial score (nSPS) is 17.4. The molecule has 10 heteroatoms. The average Bonchev–Trinajstić information content (AvgIpc) is 3.33. The molecule has 1 saturated heterocycles. The van der Waals surface area contributed by atoms with Gasteiger partial charge in [0.1, 0.15) is 12.3 Å². The van der Waals surface area contributed by atoms with Crippen LogP contribution in [0.4, 0.5) is 13.2 Å². The van der Waals surface area contributed by atoms with Crippen LogP contribution < -0.4 is 5.32 Å². The van der Waals surface area contributed by atoms with Crippen LogP contribution in [-0.4, -0.2) is 60.6 Å². The molecule has 2 heterocycles. The van der Waals surface area contributed by atoms with Crippen LogP contribution >= 0.6 is 0 Å². The molecular formula is C32H37F3N4O3. The number of unbranched alkanes of at least 4 members (excludes halogenated alkanes) is 2. The number of amides is 2. The van der Waals surface area contributed by atoms with E-state index in [1.54, 1.807) is 11.0 Å². The van der Waals surface area contributed by atoms with Crippen molar-refractivity contribution in [1.29, 1.82) is 5.26 Å². The number of hydrogen-bond donors (Lipinski definition) is 1. The van der Waals surface area contributed by atoms with Crippen LogP contribution in [0.15, 0.2) is 42.5 Å². The molecule has 42 heavy (non-hydrogen) atoms. The van der Waals surface area contributed by atoms with Crippen molar-refractivity contribution < 1.29 is 27.6 Å². The Hall–Kier alpha value is -3.71. The maximum Gasteiger partial charge on any atom is 0.416 e. The van der Waals surface area contributed by atoms with E-state index in [2.05, 4.69) is 16.3 Å². The van der Waals surface area contributed by atoms with Crippen LogP contribution in [0.3, 0.4) is 0 Å². The number of carbonyl (C=O) groups is 3. The van der Waals surface area contributed by atoms with Gasteiger partial charge in [-0.15, -0.1) is 0 Å². The van der Waals surface area contributed by atoms with E-state index in [-0.39, 0.29) is 24.7 Å². The number of nitrogens with zero attached hydrogens (tertiary/aromatic N) is 3. The largest absolute Gasteiger partial charge is 0.416 e. The van der Waals surface area contributed by atoms with E-state index in [4.69, 9.17) is 0 Å². The zero-order chi connectivity index (χ0) is 30.3. The van der Waals surface area contributed by atoms with E-state index in [0.717, 1.165) is 74.9 Å². The number of alkyl halides is 3. The lowest BCUT2D eigenvalue weighted by molar-refractivity contribution is -0.137. The molecule has 1 N–H and O–H groups in total. The van der Waals surface area contributed by atoms with Crippen LogP contribution in [0.5, 0.6) is 0 Å². The molecule has 2 aliphatic rings. The highest BCUT2D eigenvalue weighted by Crippen LogP contribution is 2.37. The molecule has 2 aromatic carbocycles. The summed E-state index contributed by atoms with van der Waals surface area (Å²) in [5.41, 5.74) is 1.86. The first-order chi connectivity index (χ1) is 20.1. The number of rotatable bonds is 12. The number of halogens is 3. The van der Waals surface area contributed by atoms with Gasteiger partial charge in [-0.1, -0.05) is 30.7 Å². The number of likely N-dealkylation sites (N-methyl/N-ethyl adjacent to an activating group) is 1. The van der Waals surface area contributed by atoms with Gasteiger partial charge in [0, 0.05) is 25.6 Å². The Balaban J connectivity index is 1.26. The quantitative estimate of drug-likeness (QED) is 0.280. The number of benzene rings is 2. The highest BCUT2D eigenvalue weighted by Gasteiger charge is 2.38. The molecule has 7 nitrogen and oxygen atoms in total. The van der Waals surface area contributed by atoms with Crippen LogP contribution in [0.2, 0.25) is 0 Å². The lowest BCUT2D eigenvalue weighted by atomic mass is 9.74. The zero-order valence-corrected chi connectivity index (χ0v) is 23.9. The summed E-state index contributed by atoms with van der Waals surface area (Å²) >= 11 is 0. The minimum absolute atomic E-state index is 0.179. The van der Waals surface area contributed by atoms with Crippen molar-refractivity contribution in [3.05, 3.63) is 70.3 Å². The van der Waals surface area contributed by atoms with Crippen LogP contribution in [0.25, 0.3) is 0 Å². The van der Waals surface area contributed by atoms with Crippen molar-refractivity contribution in [3.63, 3.8) is 0 Å². The van der Waals surface area contributed by atoms with Crippen molar-refractivity contribution >= 4 is 18.1 Å². The van der Waals surface area contributed by atoms with E-state index >= 15 is 0 Å². The molecule has 1 atom stereocenters. The first kappa shape index (κ1) is 31.2. The van der Waals surface area contributed by atoms with E-state index in [1.165, 1.54) is 19.2 Å². The molecular weight excluding hydrogens is 545 g/mol. The van der Waals surface area contributed by atoms with Crippen molar-refractivity contribution in [2.45, 2.75) is 75.5 Å². The SMILES string of the molecule is CNC(=O)C(CCC=O)N1Cc2c(CCCCCN3CCC(C#N)(c4ccc(C(F)(F)F)cc4)CC3)cccc2C1=O. The van der Waals surface area contributed by atoms with Gasteiger partial charge in [-0.25, -0.2) is 0 Å². The highest BCUT2D eigenvalue weighted by molar-refractivity contribution is 6.01. The van der Waals surface area contributed by atoms with Crippen LogP contribution in [-0.2, 0) is 34.1 Å². The van der Waals surface area contributed by atoms with Crippen LogP contribution in [0, 0.1) is 11.3 Å². The number of aldehydes is 1. The summed E-state index contributed by atoms with van der Waals surface area (Å²) in [6.07, 6.45) is 1.74. The second-order valence-corrected chi connectivity index (χ2v) is 11.2. The van der Waals surface area contributed by atoms with E-state index in [0.29, 0.717) is 30.5 Å². The smallest absolute Gasteiger partial charge is 0.357 e. The predicted octanol–water partition coefficient (Wildman–Crippen LogP) is 5.03. The van der Waals surface area contributed by atoms with Gasteiger partial charge >= 0.3 is 6.18 Å². The maximum absolute atomic E-state index is 13.1. The van der Waals surface area contributed by atoms with Gasteiger partial charge in [0.2, 0.25) is 5.91 Å². The van der Waals surface area contributed by atoms with Crippen molar-refractivity contribution in [1.82, 2.24) is 15.1 Å². The monoisotopic (exact) mass is 582 g/mol. The third-order valence-electron chi connectivity index (χ3n) is 8.68. The van der Waals surface area contributed by atoms with E-state index in [1.807, 2.05) is 12.1 Å². The second-order valence-electron chi connectivity index (χ2n) is 11.2. The fourth-order valence-corrected chi connectivity index (χ4v) is 6.15. The molecule has 0 radical (unpaired) electrons. The third-order valence-corrected chi connectivity index (χ3v) is 8.68. The minimum atomic E-state index is -4.40. The highest BCUT2D eigenvalue weighted by atomic mass is 19.4. The summed E-state index contributed by atoms with van der Waals surface area (Å²) in [7, 11) is 1.53. The Labute approximate surface area is 244 Å². The zero-order valence-electron chi connectivity index (χ0n) is 23.9. The summed E-state index contributed by atoms with van der Waals surface area (Å²) in [6.45, 7) is 2.68. The Morgan fingerprint density at radius 2 is 1.83 bits per heavy atom. The molecule has 0 aromatic heterocycles. The molecule has 224 valence electrons. The van der Waals surface area contributed by atoms with Gasteiger partial charge in [-0.3, -0.25) is 9.59 Å². The molecule has 0 aliphatic carbocycles. The summed E-state index contributed by atoms with van der Waals surface area (Å²) < 4.78 is 38.8. The summed E-state index contributed by atoms with van der Waals surface area (Å²) in [4.78, 5) is 40.4. The van der Waals surface area contributed by atoms with Gasteiger partial charge in [-0.05, 0) is 93.0 Å². The lowest BCUT2D eigenvalue weighted by Gasteiger charge is -2.37. The number of aryl methyl sites for hydroxylation is 1. The fourth-order valence-electron chi connectivity index (χ4n) is 6.15. The number of piperidine rings is 1. The van der Waals surface area contributed by atoms with Crippen molar-refractivity contribution in [2.24, 2.45) is 0 Å². The van der Waals surface area contributed by atoms with E-state index < -0.39 is 23.2 Å². The predicted molar refractivity (Wildman–Crippen MR) is 151 cm³/mol. The van der Waals surface area contributed by atoms with Gasteiger partial charge in [0.05, 0.1) is 17.0 Å². The van der Waals surface area contributed by atoms with Gasteiger partial charge < -0.3 is 19.9 Å². The van der Waals surface area contributed by atoms with Crippen molar-refractivity contribution in [2.75, 3.05) is 26.7 Å². The molecule has 2 aliphatic heterocycles. The first-order valence-corrected chi connectivity index (χ1v) is 14.5. The number of likely N-dealkylation sites (tertiary alicyclic amines) is 1. The first-order valence-electron chi connectivity index (χ1n) is 14.5. The summed E-state index contributed by atoms with van der Waals surface area (Å²) in [5, 5.41) is 12.5. The standard InChI is InChI=1S/C32H37F3N4O3/c1-37-29(41)28(10-6-20-40)39-21-27-23(8-5-9-26(27)30(39)42)7-3-2-4-17-38-18-15-31(22-36,16-19-38)24-11-13-25(14-12-24)32(33,34)35/h5,8-9,11-14,20,28H,2-4,6-7,10,15-19,21H2,1H3,(H,37,41). The molecule has 0 spiro atoms. The van der Waals surface area contributed by atoms with Crippen molar-refractivity contribution in [3.8, 4) is 6.07 Å². The Kier molecular flexibility index (Phi) is 10.0. The molecule has 0 saturated carbocycles. The van der Waals surface area contributed by atoms with Gasteiger partial charge in [0.15, 0.2) is 0 Å².